The predicted molar refractivity (Wildman–Crippen MR) is 87.7 cm³/mol. The number of halogens is 1. The highest BCUT2D eigenvalue weighted by molar-refractivity contribution is 7.99. The summed E-state index contributed by atoms with van der Waals surface area (Å²) in [6.07, 6.45) is 0. The molecule has 3 N–H and O–H groups in total. The van der Waals surface area contributed by atoms with Crippen molar-refractivity contribution in [3.8, 4) is 0 Å². The van der Waals surface area contributed by atoms with Crippen molar-refractivity contribution in [2.24, 2.45) is 5.73 Å². The molecule has 2 aromatic heterocycles. The topological polar surface area (TPSA) is 54.7 Å². The van der Waals surface area contributed by atoms with E-state index < -0.39 is 0 Å². The number of benzene rings is 1. The highest BCUT2D eigenvalue weighted by Gasteiger charge is 2.21. The van der Waals surface area contributed by atoms with Gasteiger partial charge in [0.2, 0.25) is 0 Å². The molecule has 0 saturated carbocycles. The van der Waals surface area contributed by atoms with E-state index in [2.05, 4.69) is 9.97 Å². The molecule has 1 aromatic carbocycles. The van der Waals surface area contributed by atoms with Gasteiger partial charge in [0.1, 0.15) is 0 Å². The summed E-state index contributed by atoms with van der Waals surface area (Å²) in [7, 11) is 0. The Morgan fingerprint density at radius 2 is 2.10 bits per heavy atom. The van der Waals surface area contributed by atoms with Gasteiger partial charge >= 0.3 is 0 Å². The summed E-state index contributed by atoms with van der Waals surface area (Å²) >= 11 is 9.24. The number of thioether (sulfide) groups is 1. The Kier molecular flexibility index (Phi) is 4.03. The van der Waals surface area contributed by atoms with Gasteiger partial charge in [-0.15, -0.1) is 11.3 Å². The standard InChI is InChI=1S/C14H14ClN3S2/c1-8(16)13(11-6-7-12(15)19-11)20-14-17-9-4-2-3-5-10(9)18-14/h2-8,13H,16H2,1H3,(H,17,18). The van der Waals surface area contributed by atoms with Crippen LogP contribution in [-0.4, -0.2) is 16.0 Å². The molecule has 0 radical (unpaired) electrons. The maximum absolute atomic E-state index is 6.12. The van der Waals surface area contributed by atoms with Crippen LogP contribution in [0.1, 0.15) is 17.1 Å². The Bertz CT molecular complexity index is 687. The largest absolute Gasteiger partial charge is 0.333 e. The van der Waals surface area contributed by atoms with Crippen molar-refractivity contribution in [1.29, 1.82) is 0 Å². The Balaban J connectivity index is 1.89. The number of imidazole rings is 1. The van der Waals surface area contributed by atoms with Gasteiger partial charge in [-0.2, -0.15) is 0 Å². The molecule has 3 rings (SSSR count). The third-order valence-corrected chi connectivity index (χ3v) is 5.78. The number of rotatable bonds is 4. The molecule has 2 unspecified atom stereocenters. The minimum atomic E-state index is 0.0166. The maximum Gasteiger partial charge on any atom is 0.167 e. The van der Waals surface area contributed by atoms with Crippen LogP contribution in [0.15, 0.2) is 41.6 Å². The van der Waals surface area contributed by atoms with Crippen LogP contribution in [0, 0.1) is 0 Å². The molecular formula is C14H14ClN3S2. The highest BCUT2D eigenvalue weighted by atomic mass is 35.5. The van der Waals surface area contributed by atoms with Crippen molar-refractivity contribution >= 4 is 45.7 Å². The fourth-order valence-corrected chi connectivity index (χ4v) is 4.43. The van der Waals surface area contributed by atoms with Gasteiger partial charge in [-0.05, 0) is 31.2 Å². The van der Waals surface area contributed by atoms with Gasteiger partial charge in [-0.1, -0.05) is 35.5 Å². The first kappa shape index (κ1) is 13.9. The van der Waals surface area contributed by atoms with E-state index in [1.807, 2.05) is 43.3 Å². The zero-order valence-corrected chi connectivity index (χ0v) is 13.2. The van der Waals surface area contributed by atoms with Crippen LogP contribution in [-0.2, 0) is 0 Å². The van der Waals surface area contributed by atoms with Gasteiger partial charge in [-0.3, -0.25) is 0 Å². The number of aromatic amines is 1. The van der Waals surface area contributed by atoms with Crippen molar-refractivity contribution in [2.75, 3.05) is 0 Å². The summed E-state index contributed by atoms with van der Waals surface area (Å²) in [5.74, 6) is 0. The fourth-order valence-electron chi connectivity index (χ4n) is 2.01. The SMILES string of the molecule is CC(N)C(Sc1nc2ccccc2[nH]1)c1ccc(Cl)s1. The molecule has 104 valence electrons. The molecular weight excluding hydrogens is 310 g/mol. The fraction of sp³-hybridized carbons (Fsp3) is 0.214. The predicted octanol–water partition coefficient (Wildman–Crippen LogP) is 4.46. The Morgan fingerprint density at radius 3 is 2.75 bits per heavy atom. The lowest BCUT2D eigenvalue weighted by Gasteiger charge is -2.17. The third-order valence-electron chi connectivity index (χ3n) is 2.96. The summed E-state index contributed by atoms with van der Waals surface area (Å²) in [5.41, 5.74) is 8.14. The summed E-state index contributed by atoms with van der Waals surface area (Å²) in [4.78, 5) is 9.09. The molecule has 0 saturated heterocycles. The van der Waals surface area contributed by atoms with Gasteiger partial charge < -0.3 is 10.7 Å². The second-order valence-corrected chi connectivity index (χ2v) is 7.48. The zero-order valence-electron chi connectivity index (χ0n) is 10.8. The number of nitrogens with zero attached hydrogens (tertiary/aromatic N) is 1. The molecule has 0 fully saturated rings. The number of nitrogens with one attached hydrogen (secondary N) is 1. The van der Waals surface area contributed by atoms with Crippen molar-refractivity contribution in [2.45, 2.75) is 23.4 Å². The molecule has 0 aliphatic carbocycles. The quantitative estimate of drug-likeness (QED) is 0.697. The summed E-state index contributed by atoms with van der Waals surface area (Å²) in [6.45, 7) is 2.01. The summed E-state index contributed by atoms with van der Waals surface area (Å²) in [5, 5.41) is 1.03. The third kappa shape index (κ3) is 2.86. The van der Waals surface area contributed by atoms with Crippen molar-refractivity contribution in [1.82, 2.24) is 9.97 Å². The minimum absolute atomic E-state index is 0.0166. The second-order valence-electron chi connectivity index (χ2n) is 4.60. The van der Waals surface area contributed by atoms with E-state index >= 15 is 0 Å². The average Bonchev–Trinajstić information content (AvgIpc) is 3.01. The number of nitrogens with two attached hydrogens (primary N) is 1. The molecule has 2 heterocycles. The number of fused-ring (bicyclic) bond motifs is 1. The van der Waals surface area contributed by atoms with Gasteiger partial charge in [0.15, 0.2) is 5.16 Å². The molecule has 0 aliphatic heterocycles. The maximum atomic E-state index is 6.12. The van der Waals surface area contributed by atoms with E-state index in [0.29, 0.717) is 0 Å². The monoisotopic (exact) mass is 323 g/mol. The van der Waals surface area contributed by atoms with E-state index in [1.54, 1.807) is 23.1 Å². The number of para-hydroxylation sites is 2. The number of aromatic nitrogens is 2. The van der Waals surface area contributed by atoms with Gasteiger partial charge in [-0.25, -0.2) is 4.98 Å². The first-order chi connectivity index (χ1) is 9.63. The normalized spacial score (nSPS) is 14.6. The van der Waals surface area contributed by atoms with E-state index in [0.717, 1.165) is 20.5 Å². The minimum Gasteiger partial charge on any atom is -0.333 e. The number of H-pyrrole nitrogens is 1. The lowest BCUT2D eigenvalue weighted by atomic mass is 10.2. The first-order valence-electron chi connectivity index (χ1n) is 6.25. The van der Waals surface area contributed by atoms with E-state index in [9.17, 15) is 0 Å². The molecule has 3 nitrogen and oxygen atoms in total. The molecule has 2 atom stereocenters. The van der Waals surface area contributed by atoms with Crippen LogP contribution in [0.25, 0.3) is 11.0 Å². The van der Waals surface area contributed by atoms with Crippen molar-refractivity contribution in [3.63, 3.8) is 0 Å². The molecule has 3 aromatic rings. The van der Waals surface area contributed by atoms with E-state index in [1.165, 1.54) is 4.88 Å². The zero-order chi connectivity index (χ0) is 14.1. The molecule has 0 bridgehead atoms. The van der Waals surface area contributed by atoms with Gasteiger partial charge in [0, 0.05) is 10.9 Å². The van der Waals surface area contributed by atoms with Crippen molar-refractivity contribution < 1.29 is 0 Å². The van der Waals surface area contributed by atoms with Crippen molar-refractivity contribution in [3.05, 3.63) is 45.6 Å². The second kappa shape index (κ2) is 5.77. The molecule has 0 amide bonds. The van der Waals surface area contributed by atoms with Crippen LogP contribution in [0.5, 0.6) is 0 Å². The number of hydrogen-bond acceptors (Lipinski definition) is 4. The average molecular weight is 324 g/mol. The van der Waals surface area contributed by atoms with Crippen LogP contribution >= 0.6 is 34.7 Å². The summed E-state index contributed by atoms with van der Waals surface area (Å²) in [6, 6.07) is 12.0. The van der Waals surface area contributed by atoms with Crippen LogP contribution in [0.4, 0.5) is 0 Å². The lowest BCUT2D eigenvalue weighted by molar-refractivity contribution is 0.727. The Hall–Kier alpha value is -1.01. The first-order valence-corrected chi connectivity index (χ1v) is 8.33. The number of hydrogen-bond donors (Lipinski definition) is 2. The molecule has 0 spiro atoms. The van der Waals surface area contributed by atoms with Gasteiger partial charge in [0.05, 0.1) is 20.6 Å². The molecule has 20 heavy (non-hydrogen) atoms. The van der Waals surface area contributed by atoms with Gasteiger partial charge in [0.25, 0.3) is 0 Å². The molecule has 6 heteroatoms. The Morgan fingerprint density at radius 1 is 1.30 bits per heavy atom. The smallest absolute Gasteiger partial charge is 0.167 e. The van der Waals surface area contributed by atoms with E-state index in [-0.39, 0.29) is 11.3 Å². The van der Waals surface area contributed by atoms with E-state index in [4.69, 9.17) is 17.3 Å². The van der Waals surface area contributed by atoms with Crippen LogP contribution in [0.2, 0.25) is 4.34 Å². The number of thiophene rings is 1. The van der Waals surface area contributed by atoms with Crippen LogP contribution in [0.3, 0.4) is 0 Å². The lowest BCUT2D eigenvalue weighted by Crippen LogP contribution is -2.21. The highest BCUT2D eigenvalue weighted by Crippen LogP contribution is 2.40. The Labute approximate surface area is 130 Å². The summed E-state index contributed by atoms with van der Waals surface area (Å²) < 4.78 is 0.788. The van der Waals surface area contributed by atoms with Crippen LogP contribution < -0.4 is 5.73 Å². The molecule has 0 aliphatic rings.